The van der Waals surface area contributed by atoms with E-state index in [2.05, 4.69) is 15.5 Å². The van der Waals surface area contributed by atoms with Crippen LogP contribution in [0.25, 0.3) is 0 Å². The summed E-state index contributed by atoms with van der Waals surface area (Å²) in [6, 6.07) is 3.26. The van der Waals surface area contributed by atoms with Gasteiger partial charge < -0.3 is 14.8 Å². The molecule has 1 aromatic carbocycles. The quantitative estimate of drug-likeness (QED) is 0.901. The molecule has 0 radical (unpaired) electrons. The van der Waals surface area contributed by atoms with Crippen molar-refractivity contribution < 1.29 is 14.0 Å². The fraction of sp³-hybridized carbons (Fsp3) is 0.333. The summed E-state index contributed by atoms with van der Waals surface area (Å²) in [5.41, 5.74) is 0.551. The fourth-order valence-corrected chi connectivity index (χ4v) is 1.91. The van der Waals surface area contributed by atoms with Crippen LogP contribution >= 0.6 is 23.2 Å². The van der Waals surface area contributed by atoms with Gasteiger partial charge in [-0.2, -0.15) is 0 Å². The molecule has 0 saturated heterocycles. The molecular weight excluding hydrogens is 305 g/mol. The van der Waals surface area contributed by atoms with Gasteiger partial charge >= 0.3 is 6.08 Å². The van der Waals surface area contributed by atoms with Gasteiger partial charge in [-0.1, -0.05) is 23.2 Å². The van der Waals surface area contributed by atoms with Crippen molar-refractivity contribution in [3.05, 3.63) is 22.2 Å². The van der Waals surface area contributed by atoms with Crippen LogP contribution in [0, 0.1) is 0 Å². The van der Waals surface area contributed by atoms with Crippen LogP contribution in [0.3, 0.4) is 0 Å². The fourth-order valence-electron chi connectivity index (χ4n) is 1.43. The van der Waals surface area contributed by atoms with E-state index in [0.29, 0.717) is 21.5 Å². The predicted molar refractivity (Wildman–Crippen MR) is 76.4 cm³/mol. The van der Waals surface area contributed by atoms with Crippen molar-refractivity contribution in [2.45, 2.75) is 20.0 Å². The SMILES string of the molecule is COc1nc(Nc2cc(OC(C)C)c(Cl)cc2Cl)no1. The summed E-state index contributed by atoms with van der Waals surface area (Å²) in [5, 5.41) is 7.43. The molecule has 2 rings (SSSR count). The first-order valence-corrected chi connectivity index (χ1v) is 6.55. The Balaban J connectivity index is 2.26. The molecular formula is C12H13Cl2N3O3. The lowest BCUT2D eigenvalue weighted by Crippen LogP contribution is -2.06. The van der Waals surface area contributed by atoms with Crippen LogP contribution < -0.4 is 14.8 Å². The number of rotatable bonds is 5. The van der Waals surface area contributed by atoms with Gasteiger partial charge in [0.1, 0.15) is 5.75 Å². The van der Waals surface area contributed by atoms with Gasteiger partial charge in [0.05, 0.1) is 28.9 Å². The van der Waals surface area contributed by atoms with Crippen molar-refractivity contribution in [2.24, 2.45) is 0 Å². The van der Waals surface area contributed by atoms with E-state index in [4.69, 9.17) is 37.2 Å². The Morgan fingerprint density at radius 1 is 1.25 bits per heavy atom. The molecule has 0 bridgehead atoms. The van der Waals surface area contributed by atoms with E-state index >= 15 is 0 Å². The van der Waals surface area contributed by atoms with Gasteiger partial charge in [0, 0.05) is 6.07 Å². The summed E-state index contributed by atoms with van der Waals surface area (Å²) in [5.74, 6) is 0.741. The Morgan fingerprint density at radius 3 is 2.60 bits per heavy atom. The predicted octanol–water partition coefficient (Wildman–Crippen LogP) is 3.92. The number of nitrogens with zero attached hydrogens (tertiary/aromatic N) is 2. The van der Waals surface area contributed by atoms with Crippen LogP contribution in [0.2, 0.25) is 10.0 Å². The monoisotopic (exact) mass is 317 g/mol. The molecule has 0 aliphatic heterocycles. The highest BCUT2D eigenvalue weighted by Gasteiger charge is 2.13. The first-order chi connectivity index (χ1) is 9.49. The molecule has 0 amide bonds. The number of halogens is 2. The third kappa shape index (κ3) is 3.46. The molecule has 1 heterocycles. The van der Waals surface area contributed by atoms with Crippen LogP contribution in [0.5, 0.6) is 11.8 Å². The molecule has 0 unspecified atom stereocenters. The highest BCUT2D eigenvalue weighted by Crippen LogP contribution is 2.35. The zero-order valence-corrected chi connectivity index (χ0v) is 12.6. The molecule has 1 N–H and O–H groups in total. The maximum absolute atomic E-state index is 6.11. The molecule has 20 heavy (non-hydrogen) atoms. The number of hydrogen-bond donors (Lipinski definition) is 1. The van der Waals surface area contributed by atoms with Crippen molar-refractivity contribution in [3.8, 4) is 11.8 Å². The average Bonchev–Trinajstić information content (AvgIpc) is 2.82. The van der Waals surface area contributed by atoms with E-state index in [1.54, 1.807) is 12.1 Å². The van der Waals surface area contributed by atoms with E-state index in [9.17, 15) is 0 Å². The van der Waals surface area contributed by atoms with E-state index < -0.39 is 0 Å². The standard InChI is InChI=1S/C12H13Cl2N3O3/c1-6(2)19-10-5-9(7(13)4-8(10)14)15-11-16-12(18-3)20-17-11/h4-6H,1-3H3,(H,15,17). The van der Waals surface area contributed by atoms with Gasteiger partial charge in [0.15, 0.2) is 0 Å². The summed E-state index contributed by atoms with van der Waals surface area (Å²) in [4.78, 5) is 3.93. The van der Waals surface area contributed by atoms with Crippen molar-refractivity contribution in [1.82, 2.24) is 10.1 Å². The lowest BCUT2D eigenvalue weighted by molar-refractivity contribution is 0.242. The van der Waals surface area contributed by atoms with E-state index in [0.717, 1.165) is 0 Å². The number of hydrogen-bond acceptors (Lipinski definition) is 6. The molecule has 0 aliphatic carbocycles. The summed E-state index contributed by atoms with van der Waals surface area (Å²) in [6.45, 7) is 3.81. The molecule has 0 atom stereocenters. The largest absolute Gasteiger partial charge is 0.489 e. The molecule has 0 aliphatic rings. The Bertz CT molecular complexity index is 602. The molecule has 8 heteroatoms. The normalized spacial score (nSPS) is 10.7. The van der Waals surface area contributed by atoms with Crippen LogP contribution in [-0.2, 0) is 0 Å². The summed E-state index contributed by atoms with van der Waals surface area (Å²) >= 11 is 12.2. The van der Waals surface area contributed by atoms with Crippen molar-refractivity contribution in [2.75, 3.05) is 12.4 Å². The third-order valence-corrected chi connectivity index (χ3v) is 2.82. The summed E-state index contributed by atoms with van der Waals surface area (Å²) in [7, 11) is 1.43. The lowest BCUT2D eigenvalue weighted by atomic mass is 10.3. The number of anilines is 2. The van der Waals surface area contributed by atoms with Gasteiger partial charge in [0.25, 0.3) is 5.95 Å². The van der Waals surface area contributed by atoms with Crippen LogP contribution in [0.1, 0.15) is 13.8 Å². The molecule has 1 aromatic heterocycles. The molecule has 0 spiro atoms. The van der Waals surface area contributed by atoms with Gasteiger partial charge in [-0.3, -0.25) is 4.52 Å². The number of ether oxygens (including phenoxy) is 2. The Morgan fingerprint density at radius 2 is 2.00 bits per heavy atom. The first kappa shape index (κ1) is 14.7. The number of methoxy groups -OCH3 is 1. The Labute approximate surface area is 126 Å². The summed E-state index contributed by atoms with van der Waals surface area (Å²) in [6.07, 6.45) is 0.0445. The summed E-state index contributed by atoms with van der Waals surface area (Å²) < 4.78 is 15.2. The van der Waals surface area contributed by atoms with Crippen LogP contribution in [0.15, 0.2) is 16.7 Å². The topological polar surface area (TPSA) is 69.4 Å². The number of nitrogens with one attached hydrogen (secondary N) is 1. The maximum Gasteiger partial charge on any atom is 0.418 e. The van der Waals surface area contributed by atoms with E-state index in [1.165, 1.54) is 7.11 Å². The second kappa shape index (κ2) is 6.19. The van der Waals surface area contributed by atoms with Gasteiger partial charge in [-0.25, -0.2) is 0 Å². The highest BCUT2D eigenvalue weighted by atomic mass is 35.5. The minimum absolute atomic E-state index is 0.00760. The minimum atomic E-state index is -0.00760. The van der Waals surface area contributed by atoms with Gasteiger partial charge in [-0.15, -0.1) is 4.98 Å². The second-order valence-corrected chi connectivity index (χ2v) is 4.96. The molecule has 2 aromatic rings. The van der Waals surface area contributed by atoms with Crippen molar-refractivity contribution >= 4 is 34.8 Å². The number of benzene rings is 1. The lowest BCUT2D eigenvalue weighted by Gasteiger charge is -2.13. The van der Waals surface area contributed by atoms with Gasteiger partial charge in [-0.05, 0) is 25.1 Å². The molecule has 0 fully saturated rings. The first-order valence-electron chi connectivity index (χ1n) is 5.80. The second-order valence-electron chi connectivity index (χ2n) is 4.14. The Hall–Kier alpha value is -1.66. The molecule has 0 saturated carbocycles. The smallest absolute Gasteiger partial charge is 0.418 e. The molecule has 108 valence electrons. The van der Waals surface area contributed by atoms with Gasteiger partial charge in [0.2, 0.25) is 0 Å². The maximum atomic E-state index is 6.11. The van der Waals surface area contributed by atoms with Crippen LogP contribution in [-0.4, -0.2) is 23.4 Å². The minimum Gasteiger partial charge on any atom is -0.489 e. The zero-order valence-electron chi connectivity index (χ0n) is 11.1. The highest BCUT2D eigenvalue weighted by molar-refractivity contribution is 6.37. The number of aromatic nitrogens is 2. The van der Waals surface area contributed by atoms with E-state index in [-0.39, 0.29) is 18.1 Å². The molecule has 6 nitrogen and oxygen atoms in total. The zero-order chi connectivity index (χ0) is 14.7. The van der Waals surface area contributed by atoms with Crippen molar-refractivity contribution in [3.63, 3.8) is 0 Å². The van der Waals surface area contributed by atoms with Crippen LogP contribution in [0.4, 0.5) is 11.6 Å². The van der Waals surface area contributed by atoms with Crippen molar-refractivity contribution in [1.29, 1.82) is 0 Å². The average molecular weight is 318 g/mol. The Kier molecular flexibility index (Phi) is 4.57. The van der Waals surface area contributed by atoms with E-state index in [1.807, 2.05) is 13.8 Å². The third-order valence-electron chi connectivity index (χ3n) is 2.21.